The molecule has 0 atom stereocenters. The van der Waals surface area contributed by atoms with Crippen molar-refractivity contribution in [2.75, 3.05) is 17.8 Å². The van der Waals surface area contributed by atoms with Gasteiger partial charge < -0.3 is 4.90 Å². The Morgan fingerprint density at radius 2 is 1.77 bits per heavy atom. The van der Waals surface area contributed by atoms with E-state index in [4.69, 9.17) is 11.6 Å². The lowest BCUT2D eigenvalue weighted by atomic mass is 10.2. The van der Waals surface area contributed by atoms with Crippen LogP contribution >= 0.6 is 11.6 Å². The van der Waals surface area contributed by atoms with Gasteiger partial charge in [0.2, 0.25) is 5.91 Å². The van der Waals surface area contributed by atoms with Crippen LogP contribution in [0.1, 0.15) is 5.56 Å². The van der Waals surface area contributed by atoms with Crippen LogP contribution in [0, 0.1) is 0 Å². The highest BCUT2D eigenvalue weighted by Crippen LogP contribution is 2.24. The fourth-order valence-electron chi connectivity index (χ4n) is 2.38. The molecular formula is C20H18ClF3N2O3S. The fraction of sp³-hybridized carbons (Fsp3) is 0.150. The number of anilines is 1. The number of halogens is 4. The smallest absolute Gasteiger partial charge is 0.326 e. The van der Waals surface area contributed by atoms with Gasteiger partial charge in [0.1, 0.15) is 6.54 Å². The zero-order valence-electron chi connectivity index (χ0n) is 15.6. The molecule has 0 aliphatic heterocycles. The largest absolute Gasteiger partial charge is 0.406 e. The second-order valence-corrected chi connectivity index (χ2v) is 8.20. The van der Waals surface area contributed by atoms with Crippen LogP contribution in [0.25, 0.3) is 6.08 Å². The van der Waals surface area contributed by atoms with E-state index in [0.717, 1.165) is 6.08 Å². The molecule has 30 heavy (non-hydrogen) atoms. The summed E-state index contributed by atoms with van der Waals surface area (Å²) >= 11 is 5.95. The highest BCUT2D eigenvalue weighted by atomic mass is 35.5. The van der Waals surface area contributed by atoms with Crippen molar-refractivity contribution < 1.29 is 26.4 Å². The van der Waals surface area contributed by atoms with Gasteiger partial charge >= 0.3 is 6.18 Å². The van der Waals surface area contributed by atoms with Crippen molar-refractivity contribution in [3.05, 3.63) is 77.8 Å². The molecule has 10 heteroatoms. The highest BCUT2D eigenvalue weighted by molar-refractivity contribution is 7.92. The van der Waals surface area contributed by atoms with E-state index in [1.807, 2.05) is 0 Å². The molecular weight excluding hydrogens is 441 g/mol. The van der Waals surface area contributed by atoms with Crippen molar-refractivity contribution in [2.24, 2.45) is 0 Å². The molecule has 0 spiro atoms. The van der Waals surface area contributed by atoms with Gasteiger partial charge in [-0.05, 0) is 35.9 Å². The lowest BCUT2D eigenvalue weighted by Gasteiger charge is -2.20. The Bertz CT molecular complexity index is 1040. The number of hydrogen-bond donors (Lipinski definition) is 1. The number of alkyl halides is 3. The average Bonchev–Trinajstić information content (AvgIpc) is 2.67. The minimum absolute atomic E-state index is 0.0451. The molecule has 2 aromatic rings. The van der Waals surface area contributed by atoms with Gasteiger partial charge in [-0.3, -0.25) is 9.52 Å². The summed E-state index contributed by atoms with van der Waals surface area (Å²) in [6, 6.07) is 11.8. The minimum Gasteiger partial charge on any atom is -0.326 e. The summed E-state index contributed by atoms with van der Waals surface area (Å²) in [5, 5.41) is 0.238. The van der Waals surface area contributed by atoms with Gasteiger partial charge in [-0.25, -0.2) is 8.42 Å². The maximum atomic E-state index is 12.6. The van der Waals surface area contributed by atoms with Gasteiger partial charge in [-0.1, -0.05) is 41.9 Å². The van der Waals surface area contributed by atoms with Crippen molar-refractivity contribution in [1.29, 1.82) is 0 Å². The molecule has 160 valence electrons. The van der Waals surface area contributed by atoms with E-state index >= 15 is 0 Å². The van der Waals surface area contributed by atoms with Gasteiger partial charge in [0.15, 0.2) is 0 Å². The summed E-state index contributed by atoms with van der Waals surface area (Å²) in [4.78, 5) is 12.6. The monoisotopic (exact) mass is 458 g/mol. The minimum atomic E-state index is -4.53. The molecule has 1 amide bonds. The van der Waals surface area contributed by atoms with Crippen molar-refractivity contribution in [3.8, 4) is 0 Å². The van der Waals surface area contributed by atoms with E-state index in [-0.39, 0.29) is 22.2 Å². The molecule has 0 unspecified atom stereocenters. The lowest BCUT2D eigenvalue weighted by Crippen LogP contribution is -2.38. The normalized spacial score (nSPS) is 12.0. The maximum absolute atomic E-state index is 12.6. The SMILES string of the molecule is C=CCN(CC(F)(F)F)C(=O)/C=C/c1ccc(S(=O)(=O)Nc2ccccc2Cl)cc1. The molecule has 0 aliphatic carbocycles. The first-order chi connectivity index (χ1) is 14.0. The third-order valence-corrected chi connectivity index (χ3v) is 5.47. The van der Waals surface area contributed by atoms with Crippen molar-refractivity contribution >= 4 is 39.3 Å². The molecule has 0 bridgehead atoms. The summed E-state index contributed by atoms with van der Waals surface area (Å²) in [6.07, 6.45) is -1.05. The molecule has 0 aliphatic rings. The van der Waals surface area contributed by atoms with Crippen LogP contribution in [0.15, 0.2) is 72.2 Å². The predicted octanol–water partition coefficient (Wildman–Crippen LogP) is 4.73. The first-order valence-electron chi connectivity index (χ1n) is 8.54. The number of hydrogen-bond acceptors (Lipinski definition) is 3. The zero-order chi connectivity index (χ0) is 22.4. The number of amides is 1. The summed E-state index contributed by atoms with van der Waals surface area (Å²) in [6.45, 7) is 1.69. The number of benzene rings is 2. The number of sulfonamides is 1. The van der Waals surface area contributed by atoms with E-state index in [1.54, 1.807) is 18.2 Å². The molecule has 0 fully saturated rings. The van der Waals surface area contributed by atoms with E-state index in [9.17, 15) is 26.4 Å². The lowest BCUT2D eigenvalue weighted by molar-refractivity contribution is -0.157. The van der Waals surface area contributed by atoms with Crippen LogP contribution in [0.5, 0.6) is 0 Å². The third kappa shape index (κ3) is 6.93. The number of nitrogens with zero attached hydrogens (tertiary/aromatic N) is 1. The van der Waals surface area contributed by atoms with E-state index in [1.165, 1.54) is 42.5 Å². The predicted molar refractivity (Wildman–Crippen MR) is 111 cm³/mol. The second kappa shape index (κ2) is 9.82. The van der Waals surface area contributed by atoms with Crippen molar-refractivity contribution in [3.63, 3.8) is 0 Å². The van der Waals surface area contributed by atoms with Crippen LogP contribution in [0.3, 0.4) is 0 Å². The second-order valence-electron chi connectivity index (χ2n) is 6.11. The highest BCUT2D eigenvalue weighted by Gasteiger charge is 2.31. The number of para-hydroxylation sites is 1. The number of carbonyl (C=O) groups excluding carboxylic acids is 1. The Labute approximate surface area is 177 Å². The van der Waals surface area contributed by atoms with E-state index < -0.39 is 28.7 Å². The zero-order valence-corrected chi connectivity index (χ0v) is 17.1. The van der Waals surface area contributed by atoms with Crippen LogP contribution in [0.4, 0.5) is 18.9 Å². The average molecular weight is 459 g/mol. The molecule has 0 saturated heterocycles. The summed E-state index contributed by atoms with van der Waals surface area (Å²) < 4.78 is 65.0. The maximum Gasteiger partial charge on any atom is 0.406 e. The molecule has 2 rings (SSSR count). The van der Waals surface area contributed by atoms with Crippen LogP contribution < -0.4 is 4.72 Å². The molecule has 0 aromatic heterocycles. The summed E-state index contributed by atoms with van der Waals surface area (Å²) in [5.41, 5.74) is 0.659. The Hall–Kier alpha value is -2.78. The van der Waals surface area contributed by atoms with Crippen molar-refractivity contribution in [2.45, 2.75) is 11.1 Å². The quantitative estimate of drug-likeness (QED) is 0.459. The van der Waals surface area contributed by atoms with E-state index in [2.05, 4.69) is 11.3 Å². The first-order valence-corrected chi connectivity index (χ1v) is 10.4. The Balaban J connectivity index is 2.12. The Morgan fingerprint density at radius 3 is 2.33 bits per heavy atom. The van der Waals surface area contributed by atoms with Gasteiger partial charge in [0, 0.05) is 12.6 Å². The number of nitrogens with one attached hydrogen (secondary N) is 1. The Morgan fingerprint density at radius 1 is 1.13 bits per heavy atom. The topological polar surface area (TPSA) is 66.5 Å². The molecule has 0 heterocycles. The van der Waals surface area contributed by atoms with Crippen LogP contribution in [-0.4, -0.2) is 38.5 Å². The van der Waals surface area contributed by atoms with E-state index in [0.29, 0.717) is 10.5 Å². The standard InChI is InChI=1S/C20H18ClF3N2O3S/c1-2-13-26(14-20(22,23)24)19(27)12-9-15-7-10-16(11-8-15)30(28,29)25-18-6-4-3-5-17(18)21/h2-12,25H,1,13-14H2/b12-9+. The number of carbonyl (C=O) groups is 1. The van der Waals surface area contributed by atoms with Crippen molar-refractivity contribution in [1.82, 2.24) is 4.90 Å². The summed E-state index contributed by atoms with van der Waals surface area (Å²) in [5.74, 6) is -0.843. The molecule has 2 aromatic carbocycles. The fourth-order valence-corrected chi connectivity index (χ4v) is 3.70. The first kappa shape index (κ1) is 23.5. The van der Waals surface area contributed by atoms with Gasteiger partial charge in [-0.15, -0.1) is 6.58 Å². The summed E-state index contributed by atoms with van der Waals surface area (Å²) in [7, 11) is -3.89. The molecule has 0 radical (unpaired) electrons. The molecule has 0 saturated carbocycles. The van der Waals surface area contributed by atoms with Gasteiger partial charge in [0.05, 0.1) is 15.6 Å². The Kier molecular flexibility index (Phi) is 7.69. The van der Waals surface area contributed by atoms with Crippen LogP contribution in [0.2, 0.25) is 5.02 Å². The molecule has 5 nitrogen and oxygen atoms in total. The van der Waals surface area contributed by atoms with Crippen LogP contribution in [-0.2, 0) is 14.8 Å². The number of rotatable bonds is 8. The third-order valence-electron chi connectivity index (χ3n) is 3.76. The molecule has 1 N–H and O–H groups in total. The van der Waals surface area contributed by atoms with Gasteiger partial charge in [-0.2, -0.15) is 13.2 Å². The van der Waals surface area contributed by atoms with Gasteiger partial charge in [0.25, 0.3) is 10.0 Å².